The van der Waals surface area contributed by atoms with E-state index in [9.17, 15) is 9.59 Å². The smallest absolute Gasteiger partial charge is 0.316 e. The van der Waals surface area contributed by atoms with Crippen molar-refractivity contribution in [2.75, 3.05) is 20.2 Å². The zero-order valence-electron chi connectivity index (χ0n) is 16.8. The lowest BCUT2D eigenvalue weighted by Gasteiger charge is -2.40. The van der Waals surface area contributed by atoms with Gasteiger partial charge in [-0.2, -0.15) is 0 Å². The summed E-state index contributed by atoms with van der Waals surface area (Å²) in [4.78, 5) is 27.2. The van der Waals surface area contributed by atoms with Crippen LogP contribution in [0.15, 0.2) is 54.6 Å². The van der Waals surface area contributed by atoms with Gasteiger partial charge in [-0.1, -0.05) is 61.5 Å². The zero-order chi connectivity index (χ0) is 20.0. The Bertz CT molecular complexity index is 790. The van der Waals surface area contributed by atoms with Crippen molar-refractivity contribution in [1.82, 2.24) is 4.90 Å². The third-order valence-corrected chi connectivity index (χ3v) is 5.93. The predicted octanol–water partition coefficient (Wildman–Crippen LogP) is 3.92. The number of nitrogens with zero attached hydrogens (tertiary/aromatic N) is 1. The number of hydrogen-bond donors (Lipinski definition) is 0. The summed E-state index contributed by atoms with van der Waals surface area (Å²) in [5, 5.41) is 0. The van der Waals surface area contributed by atoms with Crippen LogP contribution in [0.25, 0.3) is 0 Å². The molecule has 0 saturated carbocycles. The second-order valence-electron chi connectivity index (χ2n) is 7.49. The molecule has 28 heavy (non-hydrogen) atoms. The average Bonchev–Trinajstić information content (AvgIpc) is 2.77. The van der Waals surface area contributed by atoms with E-state index in [1.165, 1.54) is 18.2 Å². The van der Waals surface area contributed by atoms with Crippen molar-refractivity contribution in [1.29, 1.82) is 0 Å². The van der Waals surface area contributed by atoms with Gasteiger partial charge in [-0.25, -0.2) is 0 Å². The summed E-state index contributed by atoms with van der Waals surface area (Å²) in [6, 6.07) is 18.3. The van der Waals surface area contributed by atoms with Crippen LogP contribution in [0.3, 0.4) is 0 Å². The van der Waals surface area contributed by atoms with Gasteiger partial charge < -0.3 is 9.64 Å². The Hall–Kier alpha value is -2.62. The molecule has 4 nitrogen and oxygen atoms in total. The normalized spacial score (nSPS) is 15.9. The maximum atomic E-state index is 12.7. The zero-order valence-corrected chi connectivity index (χ0v) is 16.8. The SMILES string of the molecule is CCc1ccc(CCC(=O)N2CCC(C(=O)OC)(c3ccccc3)CC2)cc1. The highest BCUT2D eigenvalue weighted by atomic mass is 16.5. The quantitative estimate of drug-likeness (QED) is 0.715. The number of hydrogen-bond acceptors (Lipinski definition) is 3. The molecule has 0 aromatic heterocycles. The van der Waals surface area contributed by atoms with Gasteiger partial charge in [0.25, 0.3) is 0 Å². The first-order valence-corrected chi connectivity index (χ1v) is 10.1. The van der Waals surface area contributed by atoms with Crippen molar-refractivity contribution in [2.24, 2.45) is 0 Å². The summed E-state index contributed by atoms with van der Waals surface area (Å²) in [6.07, 6.45) is 3.47. The highest BCUT2D eigenvalue weighted by Gasteiger charge is 2.44. The van der Waals surface area contributed by atoms with Crippen LogP contribution in [0.5, 0.6) is 0 Å². The van der Waals surface area contributed by atoms with Gasteiger partial charge in [-0.3, -0.25) is 9.59 Å². The topological polar surface area (TPSA) is 46.6 Å². The van der Waals surface area contributed by atoms with Crippen LogP contribution in [-0.2, 0) is 32.6 Å². The average molecular weight is 380 g/mol. The van der Waals surface area contributed by atoms with Crippen LogP contribution >= 0.6 is 0 Å². The van der Waals surface area contributed by atoms with E-state index in [0.717, 1.165) is 18.4 Å². The first-order chi connectivity index (χ1) is 13.6. The molecule has 3 rings (SSSR count). The van der Waals surface area contributed by atoms with E-state index in [2.05, 4.69) is 31.2 Å². The number of likely N-dealkylation sites (tertiary alicyclic amines) is 1. The van der Waals surface area contributed by atoms with Gasteiger partial charge in [0.15, 0.2) is 0 Å². The Morgan fingerprint density at radius 1 is 0.964 bits per heavy atom. The van der Waals surface area contributed by atoms with Gasteiger partial charge in [-0.15, -0.1) is 0 Å². The van der Waals surface area contributed by atoms with Gasteiger partial charge >= 0.3 is 5.97 Å². The Morgan fingerprint density at radius 2 is 1.57 bits per heavy atom. The van der Waals surface area contributed by atoms with E-state index in [1.54, 1.807) is 0 Å². The molecule has 1 saturated heterocycles. The number of piperidine rings is 1. The minimum atomic E-state index is -0.650. The fourth-order valence-electron chi connectivity index (χ4n) is 4.05. The molecule has 4 heteroatoms. The molecule has 1 aliphatic heterocycles. The molecule has 1 heterocycles. The summed E-state index contributed by atoms with van der Waals surface area (Å²) in [6.45, 7) is 3.30. The molecule has 0 unspecified atom stereocenters. The highest BCUT2D eigenvalue weighted by Crippen LogP contribution is 2.37. The molecule has 0 radical (unpaired) electrons. The van der Waals surface area contributed by atoms with Gasteiger partial charge in [0.1, 0.15) is 0 Å². The summed E-state index contributed by atoms with van der Waals surface area (Å²) in [5.74, 6) is -0.0482. The van der Waals surface area contributed by atoms with E-state index in [0.29, 0.717) is 32.4 Å². The number of amides is 1. The third kappa shape index (κ3) is 4.27. The van der Waals surface area contributed by atoms with Gasteiger partial charge in [-0.05, 0) is 42.4 Å². The molecule has 1 aliphatic rings. The molecule has 2 aromatic carbocycles. The van der Waals surface area contributed by atoms with Crippen molar-refractivity contribution in [3.63, 3.8) is 0 Å². The molecule has 1 fully saturated rings. The van der Waals surface area contributed by atoms with Crippen LogP contribution in [0.1, 0.15) is 42.9 Å². The van der Waals surface area contributed by atoms with Crippen molar-refractivity contribution < 1.29 is 14.3 Å². The molecular weight excluding hydrogens is 350 g/mol. The van der Waals surface area contributed by atoms with E-state index >= 15 is 0 Å². The largest absolute Gasteiger partial charge is 0.468 e. The van der Waals surface area contributed by atoms with Crippen LogP contribution in [0.2, 0.25) is 0 Å². The van der Waals surface area contributed by atoms with Crippen molar-refractivity contribution in [3.8, 4) is 0 Å². The molecule has 148 valence electrons. The first-order valence-electron chi connectivity index (χ1n) is 10.1. The van der Waals surface area contributed by atoms with E-state index < -0.39 is 5.41 Å². The summed E-state index contributed by atoms with van der Waals surface area (Å²) >= 11 is 0. The van der Waals surface area contributed by atoms with Crippen LogP contribution in [0, 0.1) is 0 Å². The van der Waals surface area contributed by atoms with E-state index in [1.807, 2.05) is 35.2 Å². The predicted molar refractivity (Wildman–Crippen MR) is 110 cm³/mol. The fourth-order valence-corrected chi connectivity index (χ4v) is 4.05. The monoisotopic (exact) mass is 379 g/mol. The number of rotatable bonds is 6. The van der Waals surface area contributed by atoms with Crippen LogP contribution < -0.4 is 0 Å². The van der Waals surface area contributed by atoms with Crippen molar-refractivity contribution in [3.05, 3.63) is 71.3 Å². The molecule has 0 spiro atoms. The van der Waals surface area contributed by atoms with Crippen LogP contribution in [0.4, 0.5) is 0 Å². The molecule has 1 amide bonds. The van der Waals surface area contributed by atoms with Crippen molar-refractivity contribution in [2.45, 2.75) is 44.4 Å². The molecule has 0 aliphatic carbocycles. The maximum absolute atomic E-state index is 12.7. The Labute approximate surface area is 167 Å². The Kier molecular flexibility index (Phi) is 6.50. The summed E-state index contributed by atoms with van der Waals surface area (Å²) in [7, 11) is 1.44. The minimum Gasteiger partial charge on any atom is -0.468 e. The molecule has 0 atom stereocenters. The number of carbonyl (C=O) groups excluding carboxylic acids is 2. The number of methoxy groups -OCH3 is 1. The van der Waals surface area contributed by atoms with E-state index in [4.69, 9.17) is 4.74 Å². The van der Waals surface area contributed by atoms with Gasteiger partial charge in [0.05, 0.1) is 12.5 Å². The van der Waals surface area contributed by atoms with Gasteiger partial charge in [0, 0.05) is 19.5 Å². The summed E-state index contributed by atoms with van der Waals surface area (Å²) in [5.41, 5.74) is 2.83. The molecular formula is C24H29NO3. The molecule has 0 bridgehead atoms. The number of ether oxygens (including phenoxy) is 1. The maximum Gasteiger partial charge on any atom is 0.316 e. The Morgan fingerprint density at radius 3 is 2.14 bits per heavy atom. The third-order valence-electron chi connectivity index (χ3n) is 5.93. The number of carbonyl (C=O) groups is 2. The lowest BCUT2D eigenvalue weighted by Crippen LogP contribution is -2.49. The Balaban J connectivity index is 1.61. The molecule has 2 aromatic rings. The first kappa shape index (κ1) is 20.1. The van der Waals surface area contributed by atoms with Crippen LogP contribution in [-0.4, -0.2) is 37.0 Å². The lowest BCUT2D eigenvalue weighted by molar-refractivity contribution is -0.151. The lowest BCUT2D eigenvalue weighted by atomic mass is 9.72. The minimum absolute atomic E-state index is 0.158. The van der Waals surface area contributed by atoms with Crippen molar-refractivity contribution >= 4 is 11.9 Å². The van der Waals surface area contributed by atoms with Gasteiger partial charge in [0.2, 0.25) is 5.91 Å². The fraction of sp³-hybridized carbons (Fsp3) is 0.417. The second kappa shape index (κ2) is 9.05. The number of benzene rings is 2. The van der Waals surface area contributed by atoms with E-state index in [-0.39, 0.29) is 11.9 Å². The summed E-state index contributed by atoms with van der Waals surface area (Å²) < 4.78 is 5.12. The number of aryl methyl sites for hydroxylation is 2. The highest BCUT2D eigenvalue weighted by molar-refractivity contribution is 5.84. The standard InChI is InChI=1S/C24H29NO3/c1-3-19-9-11-20(12-10-19)13-14-22(26)25-17-15-24(16-18-25,23(27)28-2)21-7-5-4-6-8-21/h4-12H,3,13-18H2,1-2H3. The second-order valence-corrected chi connectivity index (χ2v) is 7.49. The molecule has 0 N–H and O–H groups in total. The number of esters is 1.